The fourth-order valence-electron chi connectivity index (χ4n) is 3.10. The first-order valence-corrected chi connectivity index (χ1v) is 10.7. The molecule has 2 heterocycles. The van der Waals surface area contributed by atoms with Gasteiger partial charge < -0.3 is 20.1 Å². The molecule has 160 valence electrons. The van der Waals surface area contributed by atoms with Crippen LogP contribution in [0.25, 0.3) is 0 Å². The molecule has 8 heteroatoms. The van der Waals surface area contributed by atoms with Gasteiger partial charge in [-0.05, 0) is 30.9 Å². The number of hydrogen-bond donors (Lipinski definition) is 2. The molecule has 1 fully saturated rings. The molecule has 1 aliphatic rings. The van der Waals surface area contributed by atoms with E-state index in [0.717, 1.165) is 56.5 Å². The summed E-state index contributed by atoms with van der Waals surface area (Å²) in [4.78, 5) is 9.94. The van der Waals surface area contributed by atoms with Crippen LogP contribution < -0.4 is 10.6 Å². The highest BCUT2D eigenvalue weighted by Gasteiger charge is 2.14. The fraction of sp³-hybridized carbons (Fsp3) is 0.524. The van der Waals surface area contributed by atoms with E-state index >= 15 is 0 Å². The first-order chi connectivity index (χ1) is 13.7. The van der Waals surface area contributed by atoms with Crippen molar-refractivity contribution >= 4 is 41.3 Å². The van der Waals surface area contributed by atoms with Crippen molar-refractivity contribution in [3.05, 3.63) is 51.5 Å². The average Bonchev–Trinajstić information content (AvgIpc) is 3.15. The number of guanidine groups is 1. The lowest BCUT2D eigenvalue weighted by Gasteiger charge is -2.22. The highest BCUT2D eigenvalue weighted by molar-refractivity contribution is 14.0. The van der Waals surface area contributed by atoms with Crippen LogP contribution in [-0.4, -0.2) is 43.9 Å². The normalized spacial score (nSPS) is 15.0. The van der Waals surface area contributed by atoms with Crippen LogP contribution in [0.1, 0.15) is 33.9 Å². The summed E-state index contributed by atoms with van der Waals surface area (Å²) in [7, 11) is 1.79. The third-order valence-electron chi connectivity index (χ3n) is 4.63. The van der Waals surface area contributed by atoms with E-state index in [4.69, 9.17) is 9.47 Å². The molecule has 0 aliphatic carbocycles. The van der Waals surface area contributed by atoms with E-state index in [-0.39, 0.29) is 24.0 Å². The number of thiazole rings is 1. The Hall–Kier alpha value is -1.23. The molecule has 6 nitrogen and oxygen atoms in total. The number of ether oxygens (including phenoxy) is 2. The molecule has 2 N–H and O–H groups in total. The third-order valence-corrected chi connectivity index (χ3v) is 5.60. The van der Waals surface area contributed by atoms with E-state index in [9.17, 15) is 0 Å². The van der Waals surface area contributed by atoms with Crippen molar-refractivity contribution in [3.63, 3.8) is 0 Å². The van der Waals surface area contributed by atoms with Gasteiger partial charge in [-0.1, -0.05) is 24.3 Å². The van der Waals surface area contributed by atoms with Gasteiger partial charge in [0.2, 0.25) is 0 Å². The zero-order chi connectivity index (χ0) is 19.6. The molecule has 0 amide bonds. The lowest BCUT2D eigenvalue weighted by molar-refractivity contribution is -0.0390. The molecule has 3 rings (SSSR count). The van der Waals surface area contributed by atoms with Crippen LogP contribution in [0.3, 0.4) is 0 Å². The molecule has 0 radical (unpaired) electrons. The summed E-state index contributed by atoms with van der Waals surface area (Å²) >= 11 is 1.74. The Morgan fingerprint density at radius 3 is 2.79 bits per heavy atom. The van der Waals surface area contributed by atoms with Crippen LogP contribution >= 0.6 is 35.3 Å². The number of nitrogens with one attached hydrogen (secondary N) is 2. The Balaban J connectivity index is 0.00000300. The maximum absolute atomic E-state index is 6.03. The van der Waals surface area contributed by atoms with Gasteiger partial charge in [-0.15, -0.1) is 35.3 Å². The molecule has 1 aromatic heterocycles. The SMILES string of the molecule is CN=C(NCCc1ncc(C)s1)NCc1cccc(COC2CCOCC2)c1.I. The van der Waals surface area contributed by atoms with Gasteiger partial charge in [-0.2, -0.15) is 0 Å². The minimum atomic E-state index is 0. The molecular weight excluding hydrogens is 499 g/mol. The quantitative estimate of drug-likeness (QED) is 0.310. The summed E-state index contributed by atoms with van der Waals surface area (Å²) in [5.41, 5.74) is 2.42. The van der Waals surface area contributed by atoms with Crippen molar-refractivity contribution in [1.29, 1.82) is 0 Å². The summed E-state index contributed by atoms with van der Waals surface area (Å²) in [6.07, 6.45) is 5.12. The smallest absolute Gasteiger partial charge is 0.191 e. The molecule has 0 bridgehead atoms. The molecule has 1 saturated heterocycles. The number of aliphatic imine (C=N–C) groups is 1. The number of rotatable bonds is 8. The van der Waals surface area contributed by atoms with Crippen LogP contribution in [0.2, 0.25) is 0 Å². The number of benzene rings is 1. The molecule has 0 saturated carbocycles. The predicted molar refractivity (Wildman–Crippen MR) is 129 cm³/mol. The zero-order valence-electron chi connectivity index (χ0n) is 17.1. The van der Waals surface area contributed by atoms with Crippen molar-refractivity contribution in [2.24, 2.45) is 4.99 Å². The number of nitrogens with zero attached hydrogens (tertiary/aromatic N) is 2. The second-order valence-corrected chi connectivity index (χ2v) is 8.23. The van der Waals surface area contributed by atoms with Gasteiger partial charge >= 0.3 is 0 Å². The Kier molecular flexibility index (Phi) is 10.9. The second-order valence-electron chi connectivity index (χ2n) is 6.91. The van der Waals surface area contributed by atoms with E-state index in [0.29, 0.717) is 12.7 Å². The van der Waals surface area contributed by atoms with Gasteiger partial charge in [0, 0.05) is 50.8 Å². The largest absolute Gasteiger partial charge is 0.381 e. The zero-order valence-corrected chi connectivity index (χ0v) is 20.3. The number of hydrogen-bond acceptors (Lipinski definition) is 5. The summed E-state index contributed by atoms with van der Waals surface area (Å²) in [6.45, 7) is 5.88. The molecule has 2 aromatic rings. The van der Waals surface area contributed by atoms with E-state index in [1.807, 2.05) is 6.20 Å². The summed E-state index contributed by atoms with van der Waals surface area (Å²) in [5.74, 6) is 0.803. The van der Waals surface area contributed by atoms with E-state index in [2.05, 4.69) is 51.8 Å². The number of halogens is 1. The number of aromatic nitrogens is 1. The molecule has 0 atom stereocenters. The van der Waals surface area contributed by atoms with E-state index in [1.165, 1.54) is 16.0 Å². The Bertz CT molecular complexity index is 763. The minimum absolute atomic E-state index is 0. The van der Waals surface area contributed by atoms with Crippen molar-refractivity contribution in [2.75, 3.05) is 26.8 Å². The van der Waals surface area contributed by atoms with Gasteiger partial charge in [-0.3, -0.25) is 4.99 Å². The van der Waals surface area contributed by atoms with Gasteiger partial charge in [0.25, 0.3) is 0 Å². The van der Waals surface area contributed by atoms with Crippen molar-refractivity contribution in [1.82, 2.24) is 15.6 Å². The minimum Gasteiger partial charge on any atom is -0.381 e. The first-order valence-electron chi connectivity index (χ1n) is 9.86. The molecule has 0 unspecified atom stereocenters. The first kappa shape index (κ1) is 24.0. The molecule has 0 spiro atoms. The Labute approximate surface area is 194 Å². The predicted octanol–water partition coefficient (Wildman–Crippen LogP) is 3.67. The van der Waals surface area contributed by atoms with Gasteiger partial charge in [0.15, 0.2) is 5.96 Å². The third kappa shape index (κ3) is 8.57. The molecule has 29 heavy (non-hydrogen) atoms. The Morgan fingerprint density at radius 1 is 1.28 bits per heavy atom. The van der Waals surface area contributed by atoms with Crippen LogP contribution in [0.15, 0.2) is 35.5 Å². The highest BCUT2D eigenvalue weighted by atomic mass is 127. The van der Waals surface area contributed by atoms with Crippen molar-refractivity contribution in [2.45, 2.75) is 45.4 Å². The summed E-state index contributed by atoms with van der Waals surface area (Å²) < 4.78 is 11.4. The van der Waals surface area contributed by atoms with Gasteiger partial charge in [-0.25, -0.2) is 4.98 Å². The van der Waals surface area contributed by atoms with Crippen LogP contribution in [0.5, 0.6) is 0 Å². The molecular formula is C21H31IN4O2S. The molecule has 1 aliphatic heterocycles. The monoisotopic (exact) mass is 530 g/mol. The standard InChI is InChI=1S/C21H30N4O2S.HI/c1-16-13-24-20(28-16)6-9-23-21(22-2)25-14-17-4-3-5-18(12-17)15-27-19-7-10-26-11-8-19;/h3-5,12-13,19H,6-11,14-15H2,1-2H3,(H2,22,23,25);1H. The van der Waals surface area contributed by atoms with Crippen LogP contribution in [0.4, 0.5) is 0 Å². The maximum atomic E-state index is 6.03. The van der Waals surface area contributed by atoms with Crippen molar-refractivity contribution in [3.8, 4) is 0 Å². The van der Waals surface area contributed by atoms with E-state index < -0.39 is 0 Å². The lowest BCUT2D eigenvalue weighted by Crippen LogP contribution is -2.37. The van der Waals surface area contributed by atoms with Crippen LogP contribution in [-0.2, 0) is 29.0 Å². The van der Waals surface area contributed by atoms with Crippen LogP contribution in [0, 0.1) is 6.92 Å². The lowest BCUT2D eigenvalue weighted by atomic mass is 10.1. The van der Waals surface area contributed by atoms with Gasteiger partial charge in [0.05, 0.1) is 17.7 Å². The summed E-state index contributed by atoms with van der Waals surface area (Å²) in [5, 5.41) is 7.87. The number of aryl methyl sites for hydroxylation is 1. The van der Waals surface area contributed by atoms with E-state index in [1.54, 1.807) is 18.4 Å². The fourth-order valence-corrected chi connectivity index (χ4v) is 3.88. The summed E-state index contributed by atoms with van der Waals surface area (Å²) in [6, 6.07) is 8.51. The Morgan fingerprint density at radius 2 is 2.07 bits per heavy atom. The van der Waals surface area contributed by atoms with Gasteiger partial charge in [0.1, 0.15) is 0 Å². The topological polar surface area (TPSA) is 67.8 Å². The van der Waals surface area contributed by atoms with Crippen molar-refractivity contribution < 1.29 is 9.47 Å². The maximum Gasteiger partial charge on any atom is 0.191 e. The molecule has 1 aromatic carbocycles. The highest BCUT2D eigenvalue weighted by Crippen LogP contribution is 2.14. The average molecular weight is 530 g/mol. The second kappa shape index (κ2) is 13.1.